The number of nitrogens with one attached hydrogen (secondary N) is 1. The van der Waals surface area contributed by atoms with Crippen molar-refractivity contribution in [3.8, 4) is 34.6 Å². The molecule has 0 saturated carbocycles. The molecular weight excluding hydrogens is 892 g/mol. The number of carbonyl (C=O) groups is 2. The number of hydrogen-bond donors (Lipinski definition) is 2. The van der Waals surface area contributed by atoms with Gasteiger partial charge < -0.3 is 34.3 Å². The highest BCUT2D eigenvalue weighted by Crippen LogP contribution is 2.24. The summed E-state index contributed by atoms with van der Waals surface area (Å²) in [5.41, 5.74) is 6.73. The second-order valence-electron chi connectivity index (χ2n) is 15.0. The number of aromatic carboxylic acids is 1. The molecule has 348 valence electrons. The van der Waals surface area contributed by atoms with Gasteiger partial charge in [-0.05, 0) is 71.8 Å². The molecule has 2 aliphatic rings. The normalized spacial score (nSPS) is 12.3. The minimum atomic E-state index is -0.977. The summed E-state index contributed by atoms with van der Waals surface area (Å²) in [7, 11) is 3.23. The van der Waals surface area contributed by atoms with Crippen LogP contribution in [0.25, 0.3) is 11.6 Å². The Labute approximate surface area is 397 Å². The van der Waals surface area contributed by atoms with Crippen molar-refractivity contribution in [1.29, 1.82) is 0 Å². The van der Waals surface area contributed by atoms with Crippen LogP contribution >= 0.6 is 12.4 Å². The number of amides is 1. The molecule has 0 unspecified atom stereocenters. The fourth-order valence-electron chi connectivity index (χ4n) is 6.91. The van der Waals surface area contributed by atoms with Crippen LogP contribution in [0.3, 0.4) is 0 Å². The maximum atomic E-state index is 13.1. The van der Waals surface area contributed by atoms with Gasteiger partial charge in [-0.15, -0.1) is 12.4 Å². The van der Waals surface area contributed by atoms with Gasteiger partial charge in [-0.25, -0.2) is 24.7 Å². The van der Waals surface area contributed by atoms with E-state index in [-0.39, 0.29) is 23.9 Å². The van der Waals surface area contributed by atoms with Crippen molar-refractivity contribution >= 4 is 24.3 Å². The van der Waals surface area contributed by atoms with Crippen LogP contribution in [0.4, 0.5) is 0 Å². The molecule has 0 fully saturated rings. The third-order valence-corrected chi connectivity index (χ3v) is 10.6. The third kappa shape index (κ3) is 12.5. The summed E-state index contributed by atoms with van der Waals surface area (Å²) in [4.78, 5) is 59.2. The van der Waals surface area contributed by atoms with Crippen LogP contribution in [-0.4, -0.2) is 98.2 Å². The maximum Gasteiger partial charge on any atom is 0.337 e. The van der Waals surface area contributed by atoms with Crippen molar-refractivity contribution in [2.24, 2.45) is 0 Å². The number of hydrogen-bond acceptors (Lipinski definition) is 15. The molecule has 1 amide bonds. The topological polar surface area (TPSA) is 220 Å². The number of aromatic nitrogens is 10. The lowest BCUT2D eigenvalue weighted by Crippen LogP contribution is -2.36. The Balaban J connectivity index is 0.000000166. The summed E-state index contributed by atoms with van der Waals surface area (Å²) in [6.07, 6.45) is 21.6. The highest BCUT2D eigenvalue weighted by molar-refractivity contribution is 5.94. The SMILES string of the molecule is COc1ccc(COc2cnc3c(c2)CN(C(=O)c2ccc(-n4ccnc4)nc2)CC3)nc1.COc1ccc(COc2cnc3c(c2)CNCC3)nc1.Cl.O=C(O)c1ccc(-n2ccnc2)nc1. The lowest BCUT2D eigenvalue weighted by molar-refractivity contribution is 0.0694. The van der Waals surface area contributed by atoms with Crippen molar-refractivity contribution in [2.45, 2.75) is 39.1 Å². The molecule has 68 heavy (non-hydrogen) atoms. The van der Waals surface area contributed by atoms with Crippen LogP contribution < -0.4 is 24.3 Å². The summed E-state index contributed by atoms with van der Waals surface area (Å²) < 4.78 is 25.3. The van der Waals surface area contributed by atoms with Gasteiger partial charge in [0.05, 0.1) is 61.5 Å². The van der Waals surface area contributed by atoms with E-state index in [1.165, 1.54) is 23.5 Å². The van der Waals surface area contributed by atoms with Gasteiger partial charge in [0.1, 0.15) is 60.5 Å². The first kappa shape index (κ1) is 47.7. The number of halogens is 1. The zero-order valence-corrected chi connectivity index (χ0v) is 37.9. The second-order valence-corrected chi connectivity index (χ2v) is 15.0. The molecule has 19 nitrogen and oxygen atoms in total. The molecule has 10 rings (SSSR count). The van der Waals surface area contributed by atoms with E-state index in [0.717, 1.165) is 53.7 Å². The summed E-state index contributed by atoms with van der Waals surface area (Å²) in [6.45, 7) is 3.69. The van der Waals surface area contributed by atoms with Crippen LogP contribution in [0.2, 0.25) is 0 Å². The van der Waals surface area contributed by atoms with Gasteiger partial charge in [0.2, 0.25) is 0 Å². The molecular formula is C48H47ClN12O7. The van der Waals surface area contributed by atoms with E-state index < -0.39 is 5.97 Å². The molecule has 2 aliphatic heterocycles. The van der Waals surface area contributed by atoms with E-state index in [9.17, 15) is 9.59 Å². The fourth-order valence-corrected chi connectivity index (χ4v) is 6.91. The Morgan fingerprint density at radius 3 is 1.66 bits per heavy atom. The number of carbonyl (C=O) groups excluding carboxylic acids is 1. The lowest BCUT2D eigenvalue weighted by atomic mass is 10.0. The monoisotopic (exact) mass is 938 g/mol. The summed E-state index contributed by atoms with van der Waals surface area (Å²) in [6, 6.07) is 18.2. The predicted octanol–water partition coefficient (Wildman–Crippen LogP) is 5.94. The van der Waals surface area contributed by atoms with Crippen molar-refractivity contribution in [3.05, 3.63) is 180 Å². The minimum Gasteiger partial charge on any atom is -0.495 e. The van der Waals surface area contributed by atoms with Gasteiger partial charge in [0, 0.05) is 87.6 Å². The van der Waals surface area contributed by atoms with E-state index in [0.29, 0.717) is 61.4 Å². The molecule has 0 bridgehead atoms. The number of carboxylic acid groups (broad SMARTS) is 1. The van der Waals surface area contributed by atoms with E-state index in [1.54, 1.807) is 97.7 Å². The molecule has 0 spiro atoms. The molecule has 0 aliphatic carbocycles. The third-order valence-electron chi connectivity index (χ3n) is 10.6. The Morgan fingerprint density at radius 2 is 1.18 bits per heavy atom. The van der Waals surface area contributed by atoms with Crippen LogP contribution in [-0.2, 0) is 39.1 Å². The van der Waals surface area contributed by atoms with Gasteiger partial charge in [0.25, 0.3) is 5.91 Å². The van der Waals surface area contributed by atoms with Gasteiger partial charge in [0.15, 0.2) is 0 Å². The maximum absolute atomic E-state index is 13.1. The molecule has 2 N–H and O–H groups in total. The van der Waals surface area contributed by atoms with Gasteiger partial charge in [-0.1, -0.05) is 0 Å². The number of carboxylic acids is 1. The number of rotatable bonds is 12. The Bertz CT molecular complexity index is 2850. The summed E-state index contributed by atoms with van der Waals surface area (Å²) in [5, 5.41) is 12.0. The first-order valence-electron chi connectivity index (χ1n) is 21.1. The van der Waals surface area contributed by atoms with Crippen LogP contribution in [0.5, 0.6) is 23.0 Å². The molecule has 0 aromatic carbocycles. The number of ether oxygens (including phenoxy) is 4. The molecule has 20 heteroatoms. The van der Waals surface area contributed by atoms with Crippen molar-refractivity contribution in [2.75, 3.05) is 27.3 Å². The van der Waals surface area contributed by atoms with Crippen LogP contribution in [0, 0.1) is 0 Å². The first-order valence-corrected chi connectivity index (χ1v) is 21.1. The summed E-state index contributed by atoms with van der Waals surface area (Å²) >= 11 is 0. The standard InChI is InChI=1S/C24H22N6O3.C15H17N3O2.C9H7N3O2.ClH/c1-32-20-4-3-19(26-12-20)15-33-21-10-18-14-29(8-6-22(18)27-13-21)24(31)17-2-5-23(28-11-17)30-9-7-25-16-30;1-19-13-3-2-12(17-8-13)10-20-14-6-11-7-16-5-4-15(11)18-9-14;13-9(14)7-1-2-8(11-5-7)12-4-3-10-6-12;/h2-5,7,9-13,16H,6,8,14-15H2,1H3;2-3,6,8-9,16H,4-5,7,10H2,1H3;1-6H,(H,13,14);1H. The zero-order valence-electron chi connectivity index (χ0n) is 37.1. The van der Waals surface area contributed by atoms with Gasteiger partial charge in [-0.3, -0.25) is 33.9 Å². The Hall–Kier alpha value is -8.29. The number of fused-ring (bicyclic) bond motifs is 2. The molecule has 8 aromatic heterocycles. The van der Waals surface area contributed by atoms with Crippen LogP contribution in [0.1, 0.15) is 54.6 Å². The minimum absolute atomic E-state index is 0. The Morgan fingerprint density at radius 1 is 0.632 bits per heavy atom. The Kier molecular flexibility index (Phi) is 16.3. The highest BCUT2D eigenvalue weighted by Gasteiger charge is 2.24. The molecule has 8 aromatic rings. The predicted molar refractivity (Wildman–Crippen MR) is 249 cm³/mol. The van der Waals surface area contributed by atoms with E-state index in [2.05, 4.69) is 51.3 Å². The van der Waals surface area contributed by atoms with E-state index >= 15 is 0 Å². The first-order chi connectivity index (χ1) is 32.8. The number of imidazole rings is 2. The smallest absolute Gasteiger partial charge is 0.337 e. The average Bonchev–Trinajstić information content (AvgIpc) is 4.15. The summed E-state index contributed by atoms with van der Waals surface area (Å²) in [5.74, 6) is 3.20. The molecule has 0 atom stereocenters. The van der Waals surface area contributed by atoms with Gasteiger partial charge in [-0.2, -0.15) is 0 Å². The second kappa shape index (κ2) is 23.2. The number of pyridine rings is 6. The molecule has 0 radical (unpaired) electrons. The van der Waals surface area contributed by atoms with Gasteiger partial charge >= 0.3 is 5.97 Å². The number of methoxy groups -OCH3 is 2. The largest absolute Gasteiger partial charge is 0.495 e. The van der Waals surface area contributed by atoms with Crippen molar-refractivity contribution in [3.63, 3.8) is 0 Å². The van der Waals surface area contributed by atoms with Crippen molar-refractivity contribution in [1.82, 2.24) is 59.2 Å². The van der Waals surface area contributed by atoms with Crippen LogP contribution in [0.15, 0.2) is 135 Å². The quantitative estimate of drug-likeness (QED) is 0.145. The lowest BCUT2D eigenvalue weighted by Gasteiger charge is -2.28. The zero-order chi connectivity index (χ0) is 46.4. The average molecular weight is 939 g/mol. The van der Waals surface area contributed by atoms with E-state index in [1.807, 2.05) is 47.5 Å². The number of nitrogens with zero attached hydrogens (tertiary/aromatic N) is 11. The molecule has 10 heterocycles. The molecule has 0 saturated heterocycles. The highest BCUT2D eigenvalue weighted by atomic mass is 35.5. The fraction of sp³-hybridized carbons (Fsp3) is 0.208. The van der Waals surface area contributed by atoms with Crippen molar-refractivity contribution < 1.29 is 33.6 Å². The van der Waals surface area contributed by atoms with E-state index in [4.69, 9.17) is 24.1 Å².